The average molecular weight is 283 g/mol. The predicted molar refractivity (Wildman–Crippen MR) is 84.9 cm³/mol. The van der Waals surface area contributed by atoms with Gasteiger partial charge in [0.05, 0.1) is 6.54 Å². The minimum atomic E-state index is 0.299. The zero-order chi connectivity index (χ0) is 14.8. The van der Waals surface area contributed by atoms with E-state index in [-0.39, 0.29) is 0 Å². The van der Waals surface area contributed by atoms with Crippen molar-refractivity contribution in [3.05, 3.63) is 0 Å². The highest BCUT2D eigenvalue weighted by atomic mass is 16.2. The van der Waals surface area contributed by atoms with Crippen molar-refractivity contribution in [3.63, 3.8) is 0 Å². The molecule has 1 rings (SSSR count). The van der Waals surface area contributed by atoms with Gasteiger partial charge in [-0.2, -0.15) is 0 Å². The highest BCUT2D eigenvalue weighted by Crippen LogP contribution is 2.07. The van der Waals surface area contributed by atoms with Gasteiger partial charge in [-0.05, 0) is 39.3 Å². The third kappa shape index (κ3) is 6.71. The summed E-state index contributed by atoms with van der Waals surface area (Å²) in [6.07, 6.45) is 7.04. The number of carbonyl (C=O) groups is 1. The molecule has 0 bridgehead atoms. The van der Waals surface area contributed by atoms with E-state index in [1.165, 1.54) is 12.8 Å². The second-order valence-electron chi connectivity index (χ2n) is 6.08. The van der Waals surface area contributed by atoms with Crippen LogP contribution in [0.25, 0.3) is 0 Å². The first-order valence-corrected chi connectivity index (χ1v) is 8.37. The van der Waals surface area contributed by atoms with Crippen molar-refractivity contribution in [2.75, 3.05) is 39.8 Å². The monoisotopic (exact) mass is 283 g/mol. The van der Waals surface area contributed by atoms with Gasteiger partial charge in [0, 0.05) is 25.7 Å². The molecular formula is C16H33N3O. The average Bonchev–Trinajstić information content (AvgIpc) is 2.91. The summed E-state index contributed by atoms with van der Waals surface area (Å²) in [6, 6.07) is 0.576. The van der Waals surface area contributed by atoms with Crippen LogP contribution in [0.2, 0.25) is 0 Å². The Hall–Kier alpha value is -0.610. The zero-order valence-electron chi connectivity index (χ0n) is 13.7. The smallest absolute Gasteiger partial charge is 0.236 e. The lowest BCUT2D eigenvalue weighted by Crippen LogP contribution is -2.43. The summed E-state index contributed by atoms with van der Waals surface area (Å²) < 4.78 is 0. The number of hydrogen-bond acceptors (Lipinski definition) is 3. The highest BCUT2D eigenvalue weighted by molar-refractivity contribution is 5.78. The maximum Gasteiger partial charge on any atom is 0.236 e. The molecule has 0 aromatic carbocycles. The number of amides is 1. The number of unbranched alkanes of at least 4 members (excludes halogenated alkanes) is 2. The maximum absolute atomic E-state index is 12.4. The number of rotatable bonds is 10. The molecule has 1 saturated heterocycles. The first-order valence-electron chi connectivity index (χ1n) is 8.37. The Morgan fingerprint density at radius 2 is 1.85 bits per heavy atom. The summed E-state index contributed by atoms with van der Waals surface area (Å²) in [5, 5.41) is 3.49. The van der Waals surface area contributed by atoms with E-state index in [1.54, 1.807) is 0 Å². The van der Waals surface area contributed by atoms with Crippen molar-refractivity contribution in [1.29, 1.82) is 0 Å². The van der Waals surface area contributed by atoms with Gasteiger partial charge in [-0.15, -0.1) is 0 Å². The minimum absolute atomic E-state index is 0.299. The van der Waals surface area contributed by atoms with Gasteiger partial charge in [-0.25, -0.2) is 0 Å². The van der Waals surface area contributed by atoms with Crippen LogP contribution in [0.3, 0.4) is 0 Å². The molecule has 0 aliphatic carbocycles. The van der Waals surface area contributed by atoms with Crippen LogP contribution in [0.15, 0.2) is 0 Å². The molecule has 0 aromatic heterocycles. The van der Waals surface area contributed by atoms with Crippen molar-refractivity contribution in [2.24, 2.45) is 0 Å². The molecule has 1 aliphatic heterocycles. The van der Waals surface area contributed by atoms with Gasteiger partial charge in [-0.3, -0.25) is 9.69 Å². The molecule has 1 atom stereocenters. The molecule has 1 N–H and O–H groups in total. The summed E-state index contributed by atoms with van der Waals surface area (Å²) in [7, 11) is 2.07. The highest BCUT2D eigenvalue weighted by Gasteiger charge is 2.19. The van der Waals surface area contributed by atoms with E-state index in [1.807, 2.05) is 0 Å². The quantitative estimate of drug-likeness (QED) is 0.667. The van der Waals surface area contributed by atoms with Crippen molar-refractivity contribution in [3.8, 4) is 0 Å². The summed E-state index contributed by atoms with van der Waals surface area (Å²) >= 11 is 0. The second kappa shape index (κ2) is 10.2. The van der Waals surface area contributed by atoms with Gasteiger partial charge in [-0.1, -0.05) is 26.7 Å². The number of carbonyl (C=O) groups excluding carboxylic acids is 1. The fraction of sp³-hybridized carbons (Fsp3) is 0.938. The molecule has 118 valence electrons. The summed E-state index contributed by atoms with van der Waals surface area (Å²) in [5.41, 5.74) is 0. The van der Waals surface area contributed by atoms with Gasteiger partial charge in [0.25, 0.3) is 0 Å². The molecule has 0 saturated carbocycles. The summed E-state index contributed by atoms with van der Waals surface area (Å²) in [5.74, 6) is 0.299. The van der Waals surface area contributed by atoms with Crippen LogP contribution < -0.4 is 5.32 Å². The topological polar surface area (TPSA) is 35.6 Å². The zero-order valence-corrected chi connectivity index (χ0v) is 13.7. The van der Waals surface area contributed by atoms with Crippen molar-refractivity contribution >= 4 is 5.91 Å². The standard InChI is InChI=1S/C16H33N3O/c1-4-6-11-19(12-7-5-2)16(20)14-18(3)13-15-9-8-10-17-15/h15,17H,4-14H2,1-3H3. The van der Waals surface area contributed by atoms with Crippen LogP contribution in [0.1, 0.15) is 52.4 Å². The van der Waals surface area contributed by atoms with E-state index >= 15 is 0 Å². The lowest BCUT2D eigenvalue weighted by molar-refractivity contribution is -0.132. The Kier molecular flexibility index (Phi) is 8.86. The van der Waals surface area contributed by atoms with Crippen molar-refractivity contribution < 1.29 is 4.79 Å². The number of likely N-dealkylation sites (N-methyl/N-ethyl adjacent to an activating group) is 1. The first-order chi connectivity index (χ1) is 9.67. The molecule has 1 unspecified atom stereocenters. The molecule has 4 nitrogen and oxygen atoms in total. The molecular weight excluding hydrogens is 250 g/mol. The van der Waals surface area contributed by atoms with E-state index in [9.17, 15) is 4.79 Å². The molecule has 20 heavy (non-hydrogen) atoms. The maximum atomic E-state index is 12.4. The molecule has 1 fully saturated rings. The SMILES string of the molecule is CCCCN(CCCC)C(=O)CN(C)CC1CCCN1. The van der Waals surface area contributed by atoms with E-state index in [0.29, 0.717) is 18.5 Å². The Labute approximate surface area is 124 Å². The van der Waals surface area contributed by atoms with Crippen molar-refractivity contribution in [2.45, 2.75) is 58.4 Å². The van der Waals surface area contributed by atoms with E-state index < -0.39 is 0 Å². The van der Waals surface area contributed by atoms with Crippen LogP contribution in [-0.4, -0.2) is 61.5 Å². The number of nitrogens with one attached hydrogen (secondary N) is 1. The van der Waals surface area contributed by atoms with Crippen LogP contribution in [0.5, 0.6) is 0 Å². The van der Waals surface area contributed by atoms with Gasteiger partial charge >= 0.3 is 0 Å². The lowest BCUT2D eigenvalue weighted by atomic mass is 10.2. The molecule has 0 radical (unpaired) electrons. The molecule has 4 heteroatoms. The molecule has 1 amide bonds. The third-order valence-electron chi connectivity index (χ3n) is 4.02. The molecule has 0 spiro atoms. The van der Waals surface area contributed by atoms with Gasteiger partial charge in [0.2, 0.25) is 5.91 Å². The Balaban J connectivity index is 2.33. The van der Waals surface area contributed by atoms with Crippen LogP contribution in [-0.2, 0) is 4.79 Å². The lowest BCUT2D eigenvalue weighted by Gasteiger charge is -2.26. The summed E-state index contributed by atoms with van der Waals surface area (Å²) in [6.45, 7) is 8.88. The largest absolute Gasteiger partial charge is 0.342 e. The second-order valence-corrected chi connectivity index (χ2v) is 6.08. The van der Waals surface area contributed by atoms with Crippen molar-refractivity contribution in [1.82, 2.24) is 15.1 Å². The predicted octanol–water partition coefficient (Wildman–Crippen LogP) is 2.10. The molecule has 1 heterocycles. The number of nitrogens with zero attached hydrogens (tertiary/aromatic N) is 2. The first kappa shape index (κ1) is 17.4. The van der Waals surface area contributed by atoms with Crippen LogP contribution in [0.4, 0.5) is 0 Å². The van der Waals surface area contributed by atoms with Gasteiger partial charge < -0.3 is 10.2 Å². The Bertz CT molecular complexity index is 256. The van der Waals surface area contributed by atoms with E-state index in [2.05, 4.69) is 36.0 Å². The normalized spacial score (nSPS) is 18.7. The van der Waals surface area contributed by atoms with Gasteiger partial charge in [0.15, 0.2) is 0 Å². The fourth-order valence-corrected chi connectivity index (χ4v) is 2.74. The van der Waals surface area contributed by atoms with E-state index in [4.69, 9.17) is 0 Å². The van der Waals surface area contributed by atoms with Crippen LogP contribution in [0, 0.1) is 0 Å². The summed E-state index contributed by atoms with van der Waals surface area (Å²) in [4.78, 5) is 16.6. The minimum Gasteiger partial charge on any atom is -0.342 e. The Morgan fingerprint density at radius 1 is 1.20 bits per heavy atom. The van der Waals surface area contributed by atoms with E-state index in [0.717, 1.165) is 51.9 Å². The number of hydrogen-bond donors (Lipinski definition) is 1. The van der Waals surface area contributed by atoms with Crippen LogP contribution >= 0.6 is 0 Å². The Morgan fingerprint density at radius 3 is 2.35 bits per heavy atom. The molecule has 0 aromatic rings. The fourth-order valence-electron chi connectivity index (χ4n) is 2.74. The third-order valence-corrected chi connectivity index (χ3v) is 4.02. The van der Waals surface area contributed by atoms with Gasteiger partial charge in [0.1, 0.15) is 0 Å². The molecule has 1 aliphatic rings.